The topological polar surface area (TPSA) is 21.3 Å². The molecular formula is C13H21NO. The van der Waals surface area contributed by atoms with Gasteiger partial charge in [-0.05, 0) is 24.6 Å². The van der Waals surface area contributed by atoms with Crippen LogP contribution in [0.25, 0.3) is 0 Å². The van der Waals surface area contributed by atoms with E-state index >= 15 is 0 Å². The van der Waals surface area contributed by atoms with Crippen LogP contribution in [0, 0.1) is 0 Å². The summed E-state index contributed by atoms with van der Waals surface area (Å²) >= 11 is 0. The normalized spacial score (nSPS) is 10.5. The third-order valence-corrected chi connectivity index (χ3v) is 2.39. The van der Waals surface area contributed by atoms with Gasteiger partial charge in [0.25, 0.3) is 0 Å². The molecule has 0 heterocycles. The van der Waals surface area contributed by atoms with Gasteiger partial charge >= 0.3 is 0 Å². The monoisotopic (exact) mass is 207 g/mol. The first-order valence-corrected chi connectivity index (χ1v) is 5.67. The summed E-state index contributed by atoms with van der Waals surface area (Å²) < 4.78 is 5.62. The molecule has 2 heteroatoms. The molecule has 1 aromatic rings. The van der Waals surface area contributed by atoms with Gasteiger partial charge in [0, 0.05) is 13.2 Å². The first kappa shape index (κ1) is 12.2. The number of unbranched alkanes of at least 4 members (excludes halogenated alkanes) is 1. The van der Waals surface area contributed by atoms with Crippen LogP contribution in [0.3, 0.4) is 0 Å². The summed E-state index contributed by atoms with van der Waals surface area (Å²) in [5, 5.41) is 3.17. The molecule has 0 unspecified atom stereocenters. The lowest BCUT2D eigenvalue weighted by atomic mass is 10.1. The fourth-order valence-electron chi connectivity index (χ4n) is 1.49. The summed E-state index contributed by atoms with van der Waals surface area (Å²) in [5.41, 5.74) is 2.62. The van der Waals surface area contributed by atoms with Crippen molar-refractivity contribution in [2.45, 2.75) is 32.9 Å². The molecule has 0 aliphatic carbocycles. The van der Waals surface area contributed by atoms with Crippen LogP contribution in [-0.2, 0) is 17.9 Å². The number of nitrogens with one attached hydrogen (secondary N) is 1. The molecule has 0 saturated heterocycles. The van der Waals surface area contributed by atoms with Crippen LogP contribution in [0.2, 0.25) is 0 Å². The third kappa shape index (κ3) is 4.45. The lowest BCUT2D eigenvalue weighted by molar-refractivity contribution is 0.117. The number of benzene rings is 1. The molecule has 1 rings (SSSR count). The van der Waals surface area contributed by atoms with Crippen molar-refractivity contribution in [3.63, 3.8) is 0 Å². The van der Waals surface area contributed by atoms with Crippen molar-refractivity contribution in [2.24, 2.45) is 0 Å². The molecule has 0 saturated carbocycles. The Bertz CT molecular complexity index is 273. The van der Waals surface area contributed by atoms with E-state index in [1.165, 1.54) is 17.5 Å². The molecule has 1 aromatic carbocycles. The van der Waals surface area contributed by atoms with Crippen molar-refractivity contribution in [2.75, 3.05) is 13.7 Å². The first-order chi connectivity index (χ1) is 7.38. The average Bonchev–Trinajstić information content (AvgIpc) is 2.27. The molecule has 0 amide bonds. The Morgan fingerprint density at radius 1 is 1.20 bits per heavy atom. The van der Waals surface area contributed by atoms with E-state index in [4.69, 9.17) is 4.74 Å². The predicted molar refractivity (Wildman–Crippen MR) is 63.8 cm³/mol. The van der Waals surface area contributed by atoms with Gasteiger partial charge in [-0.1, -0.05) is 37.6 Å². The van der Waals surface area contributed by atoms with Gasteiger partial charge in [-0.15, -0.1) is 0 Å². The van der Waals surface area contributed by atoms with Crippen LogP contribution < -0.4 is 5.32 Å². The van der Waals surface area contributed by atoms with Crippen LogP contribution >= 0.6 is 0 Å². The Balaban J connectivity index is 2.44. The lowest BCUT2D eigenvalue weighted by Gasteiger charge is -2.09. The zero-order chi connectivity index (χ0) is 10.9. The standard InChI is InChI=1S/C13H21NO/c1-3-4-9-15-11-13-8-6-5-7-12(13)10-14-2/h5-8,14H,3-4,9-11H2,1-2H3. The lowest BCUT2D eigenvalue weighted by Crippen LogP contribution is -2.08. The third-order valence-electron chi connectivity index (χ3n) is 2.39. The molecule has 0 aromatic heterocycles. The highest BCUT2D eigenvalue weighted by molar-refractivity contribution is 5.26. The first-order valence-electron chi connectivity index (χ1n) is 5.67. The summed E-state index contributed by atoms with van der Waals surface area (Å²) in [5.74, 6) is 0. The molecule has 0 bridgehead atoms. The van der Waals surface area contributed by atoms with E-state index in [2.05, 4.69) is 36.5 Å². The number of rotatable bonds is 7. The molecule has 1 N–H and O–H groups in total. The van der Waals surface area contributed by atoms with Gasteiger partial charge < -0.3 is 10.1 Å². The largest absolute Gasteiger partial charge is 0.377 e. The maximum absolute atomic E-state index is 5.62. The number of ether oxygens (including phenoxy) is 1. The van der Waals surface area contributed by atoms with Crippen molar-refractivity contribution in [1.82, 2.24) is 5.32 Å². The van der Waals surface area contributed by atoms with E-state index in [-0.39, 0.29) is 0 Å². The van der Waals surface area contributed by atoms with E-state index in [1.807, 2.05) is 7.05 Å². The van der Waals surface area contributed by atoms with Gasteiger partial charge in [0.2, 0.25) is 0 Å². The quantitative estimate of drug-likeness (QED) is 0.694. The minimum absolute atomic E-state index is 0.734. The fraction of sp³-hybridized carbons (Fsp3) is 0.538. The van der Waals surface area contributed by atoms with Crippen LogP contribution in [0.15, 0.2) is 24.3 Å². The highest BCUT2D eigenvalue weighted by Gasteiger charge is 2.00. The van der Waals surface area contributed by atoms with E-state index in [0.717, 1.165) is 26.2 Å². The average molecular weight is 207 g/mol. The summed E-state index contributed by atoms with van der Waals surface area (Å²) in [4.78, 5) is 0. The molecule has 0 fully saturated rings. The summed E-state index contributed by atoms with van der Waals surface area (Å²) in [6, 6.07) is 8.42. The zero-order valence-electron chi connectivity index (χ0n) is 9.75. The maximum Gasteiger partial charge on any atom is 0.0720 e. The highest BCUT2D eigenvalue weighted by atomic mass is 16.5. The molecule has 0 spiro atoms. The van der Waals surface area contributed by atoms with E-state index in [0.29, 0.717) is 0 Å². The van der Waals surface area contributed by atoms with Gasteiger partial charge in [-0.3, -0.25) is 0 Å². The fourth-order valence-corrected chi connectivity index (χ4v) is 1.49. The molecular weight excluding hydrogens is 186 g/mol. The minimum Gasteiger partial charge on any atom is -0.377 e. The second-order valence-electron chi connectivity index (χ2n) is 3.71. The Morgan fingerprint density at radius 3 is 2.60 bits per heavy atom. The predicted octanol–water partition coefficient (Wildman–Crippen LogP) is 2.72. The summed E-state index contributed by atoms with van der Waals surface area (Å²) in [6.45, 7) is 4.69. The van der Waals surface area contributed by atoms with Gasteiger partial charge in [-0.2, -0.15) is 0 Å². The Hall–Kier alpha value is -0.860. The van der Waals surface area contributed by atoms with Crippen LogP contribution in [-0.4, -0.2) is 13.7 Å². The molecule has 15 heavy (non-hydrogen) atoms. The Kier molecular flexibility index (Phi) is 6.05. The van der Waals surface area contributed by atoms with Gasteiger partial charge in [0.1, 0.15) is 0 Å². The highest BCUT2D eigenvalue weighted by Crippen LogP contribution is 2.10. The Morgan fingerprint density at radius 2 is 1.93 bits per heavy atom. The zero-order valence-corrected chi connectivity index (χ0v) is 9.75. The molecule has 0 aliphatic heterocycles. The van der Waals surface area contributed by atoms with E-state index < -0.39 is 0 Å². The second-order valence-corrected chi connectivity index (χ2v) is 3.71. The van der Waals surface area contributed by atoms with Crippen molar-refractivity contribution >= 4 is 0 Å². The molecule has 84 valence electrons. The van der Waals surface area contributed by atoms with Crippen molar-refractivity contribution in [3.8, 4) is 0 Å². The maximum atomic E-state index is 5.62. The van der Waals surface area contributed by atoms with Gasteiger partial charge in [-0.25, -0.2) is 0 Å². The molecule has 0 radical (unpaired) electrons. The second kappa shape index (κ2) is 7.43. The smallest absolute Gasteiger partial charge is 0.0720 e. The van der Waals surface area contributed by atoms with E-state index in [9.17, 15) is 0 Å². The van der Waals surface area contributed by atoms with Crippen LogP contribution in [0.5, 0.6) is 0 Å². The number of hydrogen-bond donors (Lipinski definition) is 1. The number of hydrogen-bond acceptors (Lipinski definition) is 2. The van der Waals surface area contributed by atoms with Crippen molar-refractivity contribution in [3.05, 3.63) is 35.4 Å². The SMILES string of the molecule is CCCCOCc1ccccc1CNC. The molecule has 0 atom stereocenters. The molecule has 2 nitrogen and oxygen atoms in total. The van der Waals surface area contributed by atoms with Gasteiger partial charge in [0.15, 0.2) is 0 Å². The van der Waals surface area contributed by atoms with Crippen molar-refractivity contribution in [1.29, 1.82) is 0 Å². The minimum atomic E-state index is 0.734. The summed E-state index contributed by atoms with van der Waals surface area (Å²) in [6.07, 6.45) is 2.34. The van der Waals surface area contributed by atoms with Gasteiger partial charge in [0.05, 0.1) is 6.61 Å². The van der Waals surface area contributed by atoms with Crippen LogP contribution in [0.4, 0.5) is 0 Å². The van der Waals surface area contributed by atoms with Crippen LogP contribution in [0.1, 0.15) is 30.9 Å². The summed E-state index contributed by atoms with van der Waals surface area (Å²) in [7, 11) is 1.97. The Labute approximate surface area is 92.6 Å². The van der Waals surface area contributed by atoms with Crippen molar-refractivity contribution < 1.29 is 4.74 Å². The van der Waals surface area contributed by atoms with E-state index in [1.54, 1.807) is 0 Å². The molecule has 0 aliphatic rings.